The Labute approximate surface area is 129 Å². The molecule has 6 nitrogen and oxygen atoms in total. The predicted molar refractivity (Wildman–Crippen MR) is 54.3 cm³/mol. The first kappa shape index (κ1) is 24.6. The van der Waals surface area contributed by atoms with Gasteiger partial charge in [-0.15, -0.1) is 0 Å². The number of halogens is 8. The highest BCUT2D eigenvalue weighted by Gasteiger charge is 2.48. The minimum Gasteiger partial charge on any atom is -0.542 e. The fourth-order valence-electron chi connectivity index (χ4n) is 1.33. The first-order valence-corrected chi connectivity index (χ1v) is 6.03. The first-order valence-electron chi connectivity index (χ1n) is 6.03. The average molecular weight is 378 g/mol. The second kappa shape index (κ2) is 8.96. The highest BCUT2D eigenvalue weighted by atomic mass is 19.4. The number of rotatable bonds is 0. The van der Waals surface area contributed by atoms with Crippen molar-refractivity contribution in [2.45, 2.75) is 49.6 Å². The van der Waals surface area contributed by atoms with E-state index in [0.29, 0.717) is 6.42 Å². The van der Waals surface area contributed by atoms with Crippen molar-refractivity contribution in [3.05, 3.63) is 0 Å². The third-order valence-corrected chi connectivity index (χ3v) is 2.66. The smallest absolute Gasteiger partial charge is 0.430 e. The number of carboxylic acids is 2. The molecule has 0 aliphatic heterocycles. The Morgan fingerprint density at radius 2 is 1.21 bits per heavy atom. The summed E-state index contributed by atoms with van der Waals surface area (Å²) in [6.07, 6.45) is -9.01. The Kier molecular flexibility index (Phi) is 9.17. The van der Waals surface area contributed by atoms with Gasteiger partial charge in [-0.1, -0.05) is 0 Å². The Morgan fingerprint density at radius 1 is 0.917 bits per heavy atom. The molecule has 1 aliphatic rings. The summed E-state index contributed by atoms with van der Waals surface area (Å²) in [4.78, 5) is 17.6. The Hall–Kier alpha value is -1.70. The molecule has 0 aromatic carbocycles. The van der Waals surface area contributed by atoms with E-state index in [1.165, 1.54) is 0 Å². The van der Waals surface area contributed by atoms with E-state index in [4.69, 9.17) is 19.8 Å². The van der Waals surface area contributed by atoms with Crippen LogP contribution in [-0.4, -0.2) is 42.3 Å². The van der Waals surface area contributed by atoms with E-state index in [9.17, 15) is 35.1 Å². The van der Waals surface area contributed by atoms with E-state index in [0.717, 1.165) is 6.42 Å². The molecule has 2 atom stereocenters. The molecule has 1 fully saturated rings. The molecule has 0 aromatic rings. The quantitative estimate of drug-likeness (QED) is 0.455. The van der Waals surface area contributed by atoms with Gasteiger partial charge in [0.15, 0.2) is 0 Å². The molecular formula is C10H14F8N2O4. The number of alkyl halides is 8. The van der Waals surface area contributed by atoms with Gasteiger partial charge in [0.25, 0.3) is 0 Å². The summed E-state index contributed by atoms with van der Waals surface area (Å²) < 4.78 is 88.6. The fraction of sp³-hybridized carbons (Fsp3) is 0.800. The van der Waals surface area contributed by atoms with Crippen LogP contribution in [0.4, 0.5) is 35.1 Å². The number of carbonyl (C=O) groups excluding carboxylic acids is 2. The van der Waals surface area contributed by atoms with Crippen molar-refractivity contribution in [3.63, 3.8) is 0 Å². The number of aliphatic carboxylic acids is 2. The maximum absolute atomic E-state index is 12.7. The molecule has 6 N–H and O–H groups in total. The fourth-order valence-corrected chi connectivity index (χ4v) is 1.33. The van der Waals surface area contributed by atoms with Crippen molar-refractivity contribution in [2.75, 3.05) is 0 Å². The van der Waals surface area contributed by atoms with Crippen molar-refractivity contribution in [1.82, 2.24) is 0 Å². The zero-order valence-electron chi connectivity index (χ0n) is 11.8. The van der Waals surface area contributed by atoms with E-state index in [1.807, 2.05) is 0 Å². The number of quaternary nitrogens is 2. The molecule has 0 radical (unpaired) electrons. The van der Waals surface area contributed by atoms with E-state index >= 15 is 0 Å². The van der Waals surface area contributed by atoms with Crippen molar-refractivity contribution in [3.8, 4) is 0 Å². The zero-order chi connectivity index (χ0) is 19.9. The van der Waals surface area contributed by atoms with Gasteiger partial charge in [-0.2, -0.15) is 35.1 Å². The van der Waals surface area contributed by atoms with Crippen LogP contribution in [0.1, 0.15) is 19.3 Å². The van der Waals surface area contributed by atoms with Crippen LogP contribution in [0, 0.1) is 0 Å². The SMILES string of the molecule is O=C([O-])C(F)(F)F.O=C([O-])C(F)(F)F.[NH3+][C@@H]1[C@@H]([NH3+])CCCC1(F)F. The van der Waals surface area contributed by atoms with Crippen LogP contribution in [0.25, 0.3) is 0 Å². The molecule has 0 unspecified atom stereocenters. The molecule has 144 valence electrons. The summed E-state index contributed by atoms with van der Waals surface area (Å²) in [5, 5.41) is 17.6. The van der Waals surface area contributed by atoms with Crippen molar-refractivity contribution in [2.24, 2.45) is 0 Å². The van der Waals surface area contributed by atoms with Gasteiger partial charge in [-0.3, -0.25) is 0 Å². The molecular weight excluding hydrogens is 364 g/mol. The van der Waals surface area contributed by atoms with Crippen LogP contribution in [0.2, 0.25) is 0 Å². The summed E-state index contributed by atoms with van der Waals surface area (Å²) >= 11 is 0. The molecule has 0 aromatic heterocycles. The van der Waals surface area contributed by atoms with Gasteiger partial charge in [0.2, 0.25) is 6.04 Å². The Morgan fingerprint density at radius 3 is 1.38 bits per heavy atom. The minimum absolute atomic E-state index is 0.00676. The van der Waals surface area contributed by atoms with Gasteiger partial charge in [-0.25, -0.2) is 0 Å². The Balaban J connectivity index is 0. The Bertz CT molecular complexity index is 400. The highest BCUT2D eigenvalue weighted by Crippen LogP contribution is 2.29. The standard InChI is InChI=1S/C6H12F2N2.2C2HF3O2/c7-6(8)3-1-2-4(9)5(6)10;2*3-2(4,5)1(6)7/h4-5H,1-3,9-10H2;2*(H,6,7)/t4-,5+;;/m0../s1. The molecule has 0 saturated heterocycles. The molecule has 0 spiro atoms. The summed E-state index contributed by atoms with van der Waals surface area (Å²) in [7, 11) is 0. The van der Waals surface area contributed by atoms with Crippen LogP contribution < -0.4 is 21.7 Å². The maximum atomic E-state index is 12.7. The molecule has 14 heteroatoms. The maximum Gasteiger partial charge on any atom is 0.430 e. The van der Waals surface area contributed by atoms with Gasteiger partial charge >= 0.3 is 18.3 Å². The molecule has 0 bridgehead atoms. The molecule has 24 heavy (non-hydrogen) atoms. The highest BCUT2D eigenvalue weighted by molar-refractivity contribution is 5.71. The van der Waals surface area contributed by atoms with Crippen LogP contribution in [0.15, 0.2) is 0 Å². The van der Waals surface area contributed by atoms with E-state index < -0.39 is 36.3 Å². The second-order valence-electron chi connectivity index (χ2n) is 4.59. The topological polar surface area (TPSA) is 136 Å². The third-order valence-electron chi connectivity index (χ3n) is 2.66. The average Bonchev–Trinajstić information content (AvgIpc) is 2.35. The minimum atomic E-state index is -5.19. The predicted octanol–water partition coefficient (Wildman–Crippen LogP) is -2.38. The van der Waals surface area contributed by atoms with E-state index in [1.54, 1.807) is 0 Å². The van der Waals surface area contributed by atoms with Gasteiger partial charge in [0.1, 0.15) is 18.0 Å². The van der Waals surface area contributed by atoms with Gasteiger partial charge in [0, 0.05) is 12.8 Å². The number of hydrogen-bond donors (Lipinski definition) is 2. The summed E-state index contributed by atoms with van der Waals surface area (Å²) in [5.41, 5.74) is 7.05. The number of carboxylic acid groups (broad SMARTS) is 2. The largest absolute Gasteiger partial charge is 0.542 e. The van der Waals surface area contributed by atoms with Crippen LogP contribution in [0.3, 0.4) is 0 Å². The van der Waals surface area contributed by atoms with Gasteiger partial charge < -0.3 is 31.3 Å². The van der Waals surface area contributed by atoms with E-state index in [-0.39, 0.29) is 12.5 Å². The lowest BCUT2D eigenvalue weighted by atomic mass is 9.88. The van der Waals surface area contributed by atoms with Crippen LogP contribution in [0.5, 0.6) is 0 Å². The lowest BCUT2D eigenvalue weighted by Gasteiger charge is -2.27. The van der Waals surface area contributed by atoms with Gasteiger partial charge in [0.05, 0.1) is 0 Å². The monoisotopic (exact) mass is 378 g/mol. The first-order chi connectivity index (χ1) is 10.4. The number of hydrogen-bond acceptors (Lipinski definition) is 4. The molecule has 1 saturated carbocycles. The lowest BCUT2D eigenvalue weighted by Crippen LogP contribution is -2.85. The van der Waals surface area contributed by atoms with Crippen molar-refractivity contribution < 1.29 is 66.4 Å². The molecule has 1 aliphatic carbocycles. The van der Waals surface area contributed by atoms with E-state index in [2.05, 4.69) is 11.5 Å². The second-order valence-corrected chi connectivity index (χ2v) is 4.59. The van der Waals surface area contributed by atoms with Crippen LogP contribution in [-0.2, 0) is 9.59 Å². The van der Waals surface area contributed by atoms with Crippen molar-refractivity contribution >= 4 is 11.9 Å². The normalized spacial score (nSPS) is 23.1. The molecule has 0 heterocycles. The summed E-state index contributed by atoms with van der Waals surface area (Å²) in [6.45, 7) is 0. The zero-order valence-corrected chi connectivity index (χ0v) is 11.8. The lowest BCUT2D eigenvalue weighted by molar-refractivity contribution is -0.560. The summed E-state index contributed by atoms with van der Waals surface area (Å²) in [6, 6.07) is -0.940. The molecule has 0 amide bonds. The van der Waals surface area contributed by atoms with Crippen molar-refractivity contribution in [1.29, 1.82) is 0 Å². The van der Waals surface area contributed by atoms with Gasteiger partial charge in [-0.05, 0) is 6.42 Å². The summed E-state index contributed by atoms with van der Waals surface area (Å²) in [5.74, 6) is -8.58. The third kappa shape index (κ3) is 10.1. The molecule has 1 rings (SSSR count). The van der Waals surface area contributed by atoms with Crippen LogP contribution >= 0.6 is 0 Å². The number of carbonyl (C=O) groups is 2.